The third-order valence-corrected chi connectivity index (χ3v) is 2.63. The van der Waals surface area contributed by atoms with E-state index < -0.39 is 5.97 Å². The summed E-state index contributed by atoms with van der Waals surface area (Å²) in [6.45, 7) is 1.73. The SMILES string of the molecule is COC(=O)CNC(=O)c1c(C)cccc1P. The van der Waals surface area contributed by atoms with Gasteiger partial charge in [-0.25, -0.2) is 0 Å². The highest BCUT2D eigenvalue weighted by molar-refractivity contribution is 7.27. The van der Waals surface area contributed by atoms with Crippen LogP contribution in [0.25, 0.3) is 0 Å². The molecule has 0 saturated heterocycles. The monoisotopic (exact) mass is 239 g/mol. The Labute approximate surface area is 96.6 Å². The van der Waals surface area contributed by atoms with Crippen LogP contribution in [0.3, 0.4) is 0 Å². The van der Waals surface area contributed by atoms with E-state index in [9.17, 15) is 9.59 Å². The average Bonchev–Trinajstić information content (AvgIpc) is 2.25. The summed E-state index contributed by atoms with van der Waals surface area (Å²) in [7, 11) is 3.78. The first-order valence-electron chi connectivity index (χ1n) is 4.76. The van der Waals surface area contributed by atoms with Crippen molar-refractivity contribution in [2.75, 3.05) is 13.7 Å². The maximum absolute atomic E-state index is 11.8. The molecule has 1 aromatic carbocycles. The van der Waals surface area contributed by atoms with E-state index in [2.05, 4.69) is 19.3 Å². The van der Waals surface area contributed by atoms with Gasteiger partial charge in [0.1, 0.15) is 6.54 Å². The zero-order valence-corrected chi connectivity index (χ0v) is 10.4. The van der Waals surface area contributed by atoms with Crippen LogP contribution in [0.1, 0.15) is 15.9 Å². The standard InChI is InChI=1S/C11H14NO3P/c1-7-4-3-5-8(16)10(7)11(14)12-6-9(13)15-2/h3-5H,6,16H2,1-2H3,(H,12,14). The lowest BCUT2D eigenvalue weighted by atomic mass is 10.1. The highest BCUT2D eigenvalue weighted by atomic mass is 31.0. The van der Waals surface area contributed by atoms with Gasteiger partial charge in [0.25, 0.3) is 5.91 Å². The molecule has 0 heterocycles. The van der Waals surface area contributed by atoms with Crippen LogP contribution in [0.4, 0.5) is 0 Å². The molecule has 1 aromatic rings. The molecule has 0 radical (unpaired) electrons. The van der Waals surface area contributed by atoms with Crippen molar-refractivity contribution in [3.8, 4) is 0 Å². The number of esters is 1. The molecule has 1 rings (SSSR count). The Kier molecular flexibility index (Phi) is 4.44. The van der Waals surface area contributed by atoms with Crippen LogP contribution in [0.2, 0.25) is 0 Å². The molecular formula is C11H14NO3P. The van der Waals surface area contributed by atoms with Crippen LogP contribution >= 0.6 is 9.24 Å². The first-order valence-corrected chi connectivity index (χ1v) is 5.34. The summed E-state index contributed by atoms with van der Waals surface area (Å²) < 4.78 is 4.44. The number of hydrogen-bond donors (Lipinski definition) is 1. The second kappa shape index (κ2) is 5.61. The maximum Gasteiger partial charge on any atom is 0.325 e. The fraction of sp³-hybridized carbons (Fsp3) is 0.273. The molecule has 0 spiro atoms. The number of methoxy groups -OCH3 is 1. The van der Waals surface area contributed by atoms with Crippen molar-refractivity contribution in [2.24, 2.45) is 0 Å². The second-order valence-electron chi connectivity index (χ2n) is 3.30. The Hall–Kier alpha value is -1.41. The Morgan fingerprint density at radius 1 is 1.44 bits per heavy atom. The molecule has 1 amide bonds. The van der Waals surface area contributed by atoms with Gasteiger partial charge in [0, 0.05) is 5.56 Å². The van der Waals surface area contributed by atoms with Crippen molar-refractivity contribution in [3.63, 3.8) is 0 Å². The van der Waals surface area contributed by atoms with Crippen LogP contribution in [0.15, 0.2) is 18.2 Å². The molecule has 4 nitrogen and oxygen atoms in total. The number of hydrogen-bond acceptors (Lipinski definition) is 3. The van der Waals surface area contributed by atoms with Crippen LogP contribution in [-0.4, -0.2) is 25.5 Å². The number of amides is 1. The number of carbonyl (C=O) groups excluding carboxylic acids is 2. The average molecular weight is 239 g/mol. The zero-order valence-electron chi connectivity index (χ0n) is 9.24. The zero-order chi connectivity index (χ0) is 12.1. The molecule has 5 heteroatoms. The molecule has 0 aliphatic heterocycles. The van der Waals surface area contributed by atoms with Crippen molar-refractivity contribution >= 4 is 26.4 Å². The molecule has 0 aliphatic carbocycles. The summed E-state index contributed by atoms with van der Waals surface area (Å²) in [4.78, 5) is 22.6. The molecule has 16 heavy (non-hydrogen) atoms. The summed E-state index contributed by atoms with van der Waals surface area (Å²) in [5, 5.41) is 3.31. The Morgan fingerprint density at radius 2 is 2.12 bits per heavy atom. The van der Waals surface area contributed by atoms with E-state index in [1.54, 1.807) is 0 Å². The molecule has 86 valence electrons. The molecule has 0 saturated carbocycles. The summed E-state index contributed by atoms with van der Waals surface area (Å²) in [6, 6.07) is 5.54. The van der Waals surface area contributed by atoms with Crippen molar-refractivity contribution in [2.45, 2.75) is 6.92 Å². The smallest absolute Gasteiger partial charge is 0.325 e. The van der Waals surface area contributed by atoms with Gasteiger partial charge in [-0.05, 0) is 17.8 Å². The van der Waals surface area contributed by atoms with Crippen molar-refractivity contribution in [1.82, 2.24) is 5.32 Å². The van der Waals surface area contributed by atoms with Gasteiger partial charge in [-0.3, -0.25) is 9.59 Å². The third kappa shape index (κ3) is 3.04. The summed E-state index contributed by atoms with van der Waals surface area (Å²) in [5.74, 6) is -0.735. The van der Waals surface area contributed by atoms with Crippen molar-refractivity contribution in [3.05, 3.63) is 29.3 Å². The predicted molar refractivity (Wildman–Crippen MR) is 64.9 cm³/mol. The topological polar surface area (TPSA) is 55.4 Å². The van der Waals surface area contributed by atoms with E-state index in [0.29, 0.717) is 5.56 Å². The predicted octanol–water partition coefficient (Wildman–Crippen LogP) is 0.398. The Bertz CT molecular complexity index is 397. The van der Waals surface area contributed by atoms with Gasteiger partial charge in [-0.15, -0.1) is 9.24 Å². The van der Waals surface area contributed by atoms with Gasteiger partial charge < -0.3 is 10.1 Å². The van der Waals surface area contributed by atoms with E-state index in [1.807, 2.05) is 25.1 Å². The fourth-order valence-corrected chi connectivity index (χ4v) is 1.78. The number of carbonyl (C=O) groups is 2. The van der Waals surface area contributed by atoms with Crippen LogP contribution in [-0.2, 0) is 9.53 Å². The first-order chi connectivity index (χ1) is 7.56. The maximum atomic E-state index is 11.8. The van der Waals surface area contributed by atoms with E-state index >= 15 is 0 Å². The quantitative estimate of drug-likeness (QED) is 0.613. The molecular weight excluding hydrogens is 225 g/mol. The normalized spacial score (nSPS) is 9.69. The van der Waals surface area contributed by atoms with Gasteiger partial charge >= 0.3 is 5.97 Å². The van der Waals surface area contributed by atoms with Crippen LogP contribution in [0.5, 0.6) is 0 Å². The lowest BCUT2D eigenvalue weighted by Crippen LogP contribution is -2.32. The molecule has 0 aromatic heterocycles. The minimum absolute atomic E-state index is 0.117. The second-order valence-corrected chi connectivity index (χ2v) is 3.92. The number of rotatable bonds is 3. The summed E-state index contributed by atoms with van der Waals surface area (Å²) >= 11 is 0. The minimum Gasteiger partial charge on any atom is -0.468 e. The van der Waals surface area contributed by atoms with Crippen molar-refractivity contribution in [1.29, 1.82) is 0 Å². The first kappa shape index (κ1) is 12.7. The number of benzene rings is 1. The van der Waals surface area contributed by atoms with Gasteiger partial charge in [-0.1, -0.05) is 18.2 Å². The highest BCUT2D eigenvalue weighted by Gasteiger charge is 2.12. The Balaban J connectivity index is 2.77. The van der Waals surface area contributed by atoms with E-state index in [1.165, 1.54) is 7.11 Å². The van der Waals surface area contributed by atoms with Gasteiger partial charge in [-0.2, -0.15) is 0 Å². The summed E-state index contributed by atoms with van der Waals surface area (Å²) in [6.07, 6.45) is 0. The lowest BCUT2D eigenvalue weighted by Gasteiger charge is -2.09. The Morgan fingerprint density at radius 3 is 2.69 bits per heavy atom. The van der Waals surface area contributed by atoms with Crippen molar-refractivity contribution < 1.29 is 14.3 Å². The van der Waals surface area contributed by atoms with Crippen LogP contribution in [0, 0.1) is 6.92 Å². The molecule has 1 N–H and O–H groups in total. The largest absolute Gasteiger partial charge is 0.468 e. The molecule has 0 aliphatic rings. The molecule has 0 fully saturated rings. The highest BCUT2D eigenvalue weighted by Crippen LogP contribution is 2.07. The number of nitrogens with one attached hydrogen (secondary N) is 1. The number of aryl methyl sites for hydroxylation is 1. The van der Waals surface area contributed by atoms with E-state index in [4.69, 9.17) is 0 Å². The van der Waals surface area contributed by atoms with Crippen LogP contribution < -0.4 is 10.6 Å². The van der Waals surface area contributed by atoms with Gasteiger partial charge in [0.15, 0.2) is 0 Å². The molecule has 1 unspecified atom stereocenters. The van der Waals surface area contributed by atoms with E-state index in [-0.39, 0.29) is 12.5 Å². The fourth-order valence-electron chi connectivity index (χ4n) is 1.31. The number of ether oxygens (including phenoxy) is 1. The summed E-state index contributed by atoms with van der Waals surface area (Å²) in [5.41, 5.74) is 1.45. The molecule has 1 atom stereocenters. The third-order valence-electron chi connectivity index (χ3n) is 2.15. The van der Waals surface area contributed by atoms with E-state index in [0.717, 1.165) is 10.9 Å². The minimum atomic E-state index is -0.466. The van der Waals surface area contributed by atoms with Gasteiger partial charge in [0.2, 0.25) is 0 Å². The van der Waals surface area contributed by atoms with Gasteiger partial charge in [0.05, 0.1) is 7.11 Å². The molecule has 0 bridgehead atoms. The lowest BCUT2D eigenvalue weighted by molar-refractivity contribution is -0.139.